The molecule has 0 radical (unpaired) electrons. The van der Waals surface area contributed by atoms with Crippen molar-refractivity contribution in [1.82, 2.24) is 9.55 Å². The highest BCUT2D eigenvalue weighted by atomic mass is 15.1. The van der Waals surface area contributed by atoms with Crippen LogP contribution < -0.4 is 5.73 Å². The molecule has 1 saturated carbocycles. The Labute approximate surface area is 91.7 Å². The van der Waals surface area contributed by atoms with Gasteiger partial charge in [0.25, 0.3) is 0 Å². The van der Waals surface area contributed by atoms with Gasteiger partial charge in [-0.25, -0.2) is 4.98 Å². The molecule has 1 aliphatic rings. The minimum Gasteiger partial charge on any atom is -0.330 e. The molecule has 0 aliphatic heterocycles. The Bertz CT molecular complexity index is 308. The Morgan fingerprint density at radius 3 is 2.67 bits per heavy atom. The molecule has 0 aromatic carbocycles. The van der Waals surface area contributed by atoms with Gasteiger partial charge in [0.1, 0.15) is 0 Å². The summed E-state index contributed by atoms with van der Waals surface area (Å²) in [6.45, 7) is 4.37. The van der Waals surface area contributed by atoms with E-state index in [9.17, 15) is 0 Å². The molecular formula is C12H21N3. The second-order valence-corrected chi connectivity index (χ2v) is 4.93. The van der Waals surface area contributed by atoms with E-state index < -0.39 is 0 Å². The minimum absolute atomic E-state index is 0.0897. The van der Waals surface area contributed by atoms with E-state index in [4.69, 9.17) is 5.73 Å². The first-order chi connectivity index (χ1) is 7.18. The van der Waals surface area contributed by atoms with E-state index in [1.165, 1.54) is 31.4 Å². The Hall–Kier alpha value is -0.830. The van der Waals surface area contributed by atoms with Crippen LogP contribution in [0.2, 0.25) is 0 Å². The highest BCUT2D eigenvalue weighted by molar-refractivity contribution is 5.05. The molecule has 2 rings (SSSR count). The molecule has 1 fully saturated rings. The number of nitrogens with two attached hydrogens (primary N) is 1. The Kier molecular flexibility index (Phi) is 3.10. The normalized spacial score (nSPS) is 29.0. The van der Waals surface area contributed by atoms with Gasteiger partial charge in [-0.05, 0) is 38.5 Å². The maximum absolute atomic E-state index is 5.93. The third-order valence-corrected chi connectivity index (χ3v) is 3.54. The Morgan fingerprint density at radius 1 is 1.40 bits per heavy atom. The van der Waals surface area contributed by atoms with Crippen molar-refractivity contribution in [2.75, 3.05) is 0 Å². The smallest absolute Gasteiger partial charge is 0.0951 e. The molecule has 3 heteroatoms. The van der Waals surface area contributed by atoms with Crippen LogP contribution in [-0.4, -0.2) is 9.55 Å². The zero-order valence-electron chi connectivity index (χ0n) is 9.69. The average molecular weight is 207 g/mol. The SMILES string of the molecule is CC1CCC(n2cncc2C(C)N)CC1. The summed E-state index contributed by atoms with van der Waals surface area (Å²) < 4.78 is 2.29. The predicted octanol–water partition coefficient (Wildman–Crippen LogP) is 2.65. The van der Waals surface area contributed by atoms with Gasteiger partial charge in [0.2, 0.25) is 0 Å². The van der Waals surface area contributed by atoms with Crippen LogP contribution in [-0.2, 0) is 0 Å². The molecule has 1 aliphatic carbocycles. The number of imidazole rings is 1. The van der Waals surface area contributed by atoms with Crippen molar-refractivity contribution in [3.8, 4) is 0 Å². The fraction of sp³-hybridized carbons (Fsp3) is 0.750. The van der Waals surface area contributed by atoms with Gasteiger partial charge >= 0.3 is 0 Å². The summed E-state index contributed by atoms with van der Waals surface area (Å²) >= 11 is 0. The van der Waals surface area contributed by atoms with Crippen molar-refractivity contribution in [3.63, 3.8) is 0 Å². The molecule has 1 aromatic rings. The van der Waals surface area contributed by atoms with E-state index in [2.05, 4.69) is 16.5 Å². The lowest BCUT2D eigenvalue weighted by molar-refractivity contribution is 0.283. The van der Waals surface area contributed by atoms with Gasteiger partial charge < -0.3 is 10.3 Å². The minimum atomic E-state index is 0.0897. The van der Waals surface area contributed by atoms with E-state index in [1.807, 2.05) is 19.4 Å². The summed E-state index contributed by atoms with van der Waals surface area (Å²) in [5, 5.41) is 0. The van der Waals surface area contributed by atoms with Crippen molar-refractivity contribution in [1.29, 1.82) is 0 Å². The molecule has 1 atom stereocenters. The first-order valence-electron chi connectivity index (χ1n) is 5.95. The molecule has 0 amide bonds. The summed E-state index contributed by atoms with van der Waals surface area (Å²) in [6.07, 6.45) is 9.07. The molecule has 1 unspecified atom stereocenters. The summed E-state index contributed by atoms with van der Waals surface area (Å²) in [6, 6.07) is 0.719. The molecule has 1 aromatic heterocycles. The van der Waals surface area contributed by atoms with Crippen molar-refractivity contribution in [2.45, 2.75) is 51.6 Å². The zero-order valence-corrected chi connectivity index (χ0v) is 9.69. The fourth-order valence-electron chi connectivity index (χ4n) is 2.49. The molecule has 0 bridgehead atoms. The number of rotatable bonds is 2. The number of nitrogens with zero attached hydrogens (tertiary/aromatic N) is 2. The van der Waals surface area contributed by atoms with Crippen molar-refractivity contribution < 1.29 is 0 Å². The van der Waals surface area contributed by atoms with E-state index in [0.717, 1.165) is 5.92 Å². The third-order valence-electron chi connectivity index (χ3n) is 3.54. The molecule has 3 nitrogen and oxygen atoms in total. The lowest BCUT2D eigenvalue weighted by Gasteiger charge is -2.29. The monoisotopic (exact) mass is 207 g/mol. The average Bonchev–Trinajstić information content (AvgIpc) is 2.67. The first kappa shape index (κ1) is 10.7. The topological polar surface area (TPSA) is 43.8 Å². The predicted molar refractivity (Wildman–Crippen MR) is 61.5 cm³/mol. The first-order valence-corrected chi connectivity index (χ1v) is 5.95. The Morgan fingerprint density at radius 2 is 2.07 bits per heavy atom. The van der Waals surface area contributed by atoms with Crippen LogP contribution in [0.5, 0.6) is 0 Å². The van der Waals surface area contributed by atoms with E-state index in [-0.39, 0.29) is 6.04 Å². The molecule has 0 spiro atoms. The number of hydrogen-bond donors (Lipinski definition) is 1. The summed E-state index contributed by atoms with van der Waals surface area (Å²) in [5.41, 5.74) is 7.11. The standard InChI is InChI=1S/C12H21N3/c1-9-3-5-11(6-4-9)15-8-14-7-12(15)10(2)13/h7-11H,3-6,13H2,1-2H3. The molecule has 0 saturated heterocycles. The van der Waals surface area contributed by atoms with E-state index in [1.54, 1.807) is 0 Å². The number of aromatic nitrogens is 2. The van der Waals surface area contributed by atoms with Crippen molar-refractivity contribution in [2.24, 2.45) is 11.7 Å². The van der Waals surface area contributed by atoms with Crippen LogP contribution in [0.3, 0.4) is 0 Å². The highest BCUT2D eigenvalue weighted by Gasteiger charge is 2.21. The summed E-state index contributed by atoms with van der Waals surface area (Å²) in [7, 11) is 0. The largest absolute Gasteiger partial charge is 0.330 e. The van der Waals surface area contributed by atoms with Gasteiger partial charge in [-0.2, -0.15) is 0 Å². The van der Waals surface area contributed by atoms with Crippen LogP contribution in [0.4, 0.5) is 0 Å². The van der Waals surface area contributed by atoms with Gasteiger partial charge in [-0.15, -0.1) is 0 Å². The van der Waals surface area contributed by atoms with Gasteiger partial charge in [0.05, 0.1) is 12.0 Å². The molecule has 2 N–H and O–H groups in total. The summed E-state index contributed by atoms with van der Waals surface area (Å²) in [5.74, 6) is 0.892. The highest BCUT2D eigenvalue weighted by Crippen LogP contribution is 2.33. The lowest BCUT2D eigenvalue weighted by atomic mass is 9.87. The second kappa shape index (κ2) is 4.35. The van der Waals surface area contributed by atoms with Gasteiger partial charge in [-0.3, -0.25) is 0 Å². The quantitative estimate of drug-likeness (QED) is 0.810. The molecule has 84 valence electrons. The van der Waals surface area contributed by atoms with Crippen molar-refractivity contribution in [3.05, 3.63) is 18.2 Å². The maximum Gasteiger partial charge on any atom is 0.0951 e. The third kappa shape index (κ3) is 2.23. The van der Waals surface area contributed by atoms with E-state index in [0.29, 0.717) is 6.04 Å². The van der Waals surface area contributed by atoms with Crippen LogP contribution in [0.15, 0.2) is 12.5 Å². The van der Waals surface area contributed by atoms with E-state index >= 15 is 0 Å². The molecular weight excluding hydrogens is 186 g/mol. The lowest BCUT2D eigenvalue weighted by Crippen LogP contribution is -2.20. The van der Waals surface area contributed by atoms with Crippen LogP contribution in [0.25, 0.3) is 0 Å². The zero-order chi connectivity index (χ0) is 10.8. The maximum atomic E-state index is 5.93. The summed E-state index contributed by atoms with van der Waals surface area (Å²) in [4.78, 5) is 4.22. The number of hydrogen-bond acceptors (Lipinski definition) is 2. The molecule has 1 heterocycles. The second-order valence-electron chi connectivity index (χ2n) is 4.93. The molecule has 15 heavy (non-hydrogen) atoms. The van der Waals surface area contributed by atoms with Crippen LogP contribution >= 0.6 is 0 Å². The van der Waals surface area contributed by atoms with Gasteiger partial charge in [-0.1, -0.05) is 6.92 Å². The van der Waals surface area contributed by atoms with Gasteiger partial charge in [0, 0.05) is 18.3 Å². The van der Waals surface area contributed by atoms with Crippen LogP contribution in [0.1, 0.15) is 57.3 Å². The van der Waals surface area contributed by atoms with Gasteiger partial charge in [0.15, 0.2) is 0 Å². The Balaban J connectivity index is 2.12. The van der Waals surface area contributed by atoms with Crippen LogP contribution in [0, 0.1) is 5.92 Å². The van der Waals surface area contributed by atoms with Crippen molar-refractivity contribution >= 4 is 0 Å². The fourth-order valence-corrected chi connectivity index (χ4v) is 2.49.